The Labute approximate surface area is 168 Å². The number of anilines is 1. The average Bonchev–Trinajstić information content (AvgIpc) is 3.12. The summed E-state index contributed by atoms with van der Waals surface area (Å²) < 4.78 is 19.8. The van der Waals surface area contributed by atoms with Gasteiger partial charge in [-0.15, -0.1) is 0 Å². The zero-order valence-electron chi connectivity index (χ0n) is 15.9. The number of nitrogens with one attached hydrogen (secondary N) is 2. The lowest BCUT2D eigenvalue weighted by Gasteiger charge is -2.14. The predicted molar refractivity (Wildman–Crippen MR) is 110 cm³/mol. The first-order valence-electron chi connectivity index (χ1n) is 9.21. The molecule has 8 nitrogen and oxygen atoms in total. The molecule has 3 rings (SSSR count). The van der Waals surface area contributed by atoms with Crippen LogP contribution in [0.2, 0.25) is 0 Å². The molecule has 1 amide bonds. The highest BCUT2D eigenvalue weighted by atomic mass is 19.1. The van der Waals surface area contributed by atoms with E-state index in [2.05, 4.69) is 10.7 Å². The molecule has 0 saturated carbocycles. The van der Waals surface area contributed by atoms with Crippen molar-refractivity contribution in [2.45, 2.75) is 12.6 Å². The number of cyclic esters (lactones) is 1. The number of ether oxygens (including phenoxy) is 1. The topological polar surface area (TPSA) is 132 Å². The summed E-state index contributed by atoms with van der Waals surface area (Å²) in [6.07, 6.45) is 0.519. The van der Waals surface area contributed by atoms with Crippen LogP contribution in [0.4, 0.5) is 14.9 Å². The van der Waals surface area contributed by atoms with Gasteiger partial charge in [0.2, 0.25) is 0 Å². The van der Waals surface area contributed by atoms with Gasteiger partial charge in [0.15, 0.2) is 0 Å². The highest BCUT2D eigenvalue weighted by molar-refractivity contribution is 5.90. The van der Waals surface area contributed by atoms with Crippen LogP contribution < -0.4 is 33.0 Å². The Hall–Kier alpha value is -3.14. The minimum atomic E-state index is -0.512. The lowest BCUT2D eigenvalue weighted by Crippen LogP contribution is -2.30. The Bertz CT molecular complexity index is 887. The van der Waals surface area contributed by atoms with Gasteiger partial charge >= 0.3 is 6.09 Å². The minimum Gasteiger partial charge on any atom is -0.443 e. The zero-order chi connectivity index (χ0) is 20.8. The minimum absolute atomic E-state index is 0.233. The first kappa shape index (κ1) is 20.6. The third-order valence-corrected chi connectivity index (χ3v) is 4.70. The van der Waals surface area contributed by atoms with Crippen LogP contribution in [0.15, 0.2) is 54.4 Å². The Kier molecular flexibility index (Phi) is 6.65. The molecule has 1 atom stereocenters. The van der Waals surface area contributed by atoms with Gasteiger partial charge in [-0.25, -0.2) is 9.18 Å². The Morgan fingerprint density at radius 2 is 2.03 bits per heavy atom. The van der Waals surface area contributed by atoms with Crippen molar-refractivity contribution in [3.8, 4) is 11.1 Å². The molecule has 0 aromatic heterocycles. The molecule has 8 N–H and O–H groups in total. The maximum Gasteiger partial charge on any atom is 0.414 e. The third-order valence-electron chi connectivity index (χ3n) is 4.70. The number of hydrazine groups is 1. The number of hydrogen-bond donors (Lipinski definition) is 5. The van der Waals surface area contributed by atoms with Gasteiger partial charge in [-0.3, -0.25) is 10.7 Å². The van der Waals surface area contributed by atoms with Crippen LogP contribution >= 0.6 is 0 Å². The molecule has 2 aromatic carbocycles. The number of nitrogens with zero attached hydrogens (tertiary/aromatic N) is 1. The molecule has 0 radical (unpaired) electrons. The number of rotatable bonds is 8. The van der Waals surface area contributed by atoms with Gasteiger partial charge in [0, 0.05) is 31.4 Å². The van der Waals surface area contributed by atoms with Crippen molar-refractivity contribution in [2.24, 2.45) is 17.3 Å². The van der Waals surface area contributed by atoms with E-state index in [1.54, 1.807) is 12.1 Å². The second kappa shape index (κ2) is 9.37. The van der Waals surface area contributed by atoms with E-state index in [1.807, 2.05) is 24.3 Å². The predicted octanol–water partition coefficient (Wildman–Crippen LogP) is 1.13. The molecule has 1 heterocycles. The van der Waals surface area contributed by atoms with E-state index in [4.69, 9.17) is 22.0 Å². The summed E-state index contributed by atoms with van der Waals surface area (Å²) in [5.41, 5.74) is 16.8. The molecule has 1 aliphatic rings. The van der Waals surface area contributed by atoms with Crippen molar-refractivity contribution in [1.29, 1.82) is 0 Å². The molecule has 1 unspecified atom stereocenters. The zero-order valence-corrected chi connectivity index (χ0v) is 15.9. The maximum absolute atomic E-state index is 14.7. The lowest BCUT2D eigenvalue weighted by molar-refractivity contribution is 0.145. The van der Waals surface area contributed by atoms with Gasteiger partial charge in [0.05, 0.1) is 17.9 Å². The van der Waals surface area contributed by atoms with Crippen molar-refractivity contribution >= 4 is 11.8 Å². The van der Waals surface area contributed by atoms with Crippen LogP contribution in [0.5, 0.6) is 0 Å². The van der Waals surface area contributed by atoms with E-state index in [0.29, 0.717) is 36.6 Å². The molecule has 1 fully saturated rings. The van der Waals surface area contributed by atoms with Gasteiger partial charge in [0.25, 0.3) is 0 Å². The van der Waals surface area contributed by atoms with Gasteiger partial charge in [-0.05, 0) is 29.3 Å². The number of benzene rings is 2. The van der Waals surface area contributed by atoms with Crippen LogP contribution in [0.25, 0.3) is 11.1 Å². The SMILES string of the molecule is N/C=C(/CNCc1ccc(-c2ccc(N3CC(CN)OC3=O)cc2F)cc1)NN. The molecule has 2 aromatic rings. The summed E-state index contributed by atoms with van der Waals surface area (Å²) in [5, 5.41) is 3.20. The summed E-state index contributed by atoms with van der Waals surface area (Å²) in [6.45, 7) is 1.67. The van der Waals surface area contributed by atoms with Crippen molar-refractivity contribution in [3.63, 3.8) is 0 Å². The normalized spacial score (nSPS) is 16.8. The van der Waals surface area contributed by atoms with Gasteiger partial charge < -0.3 is 26.9 Å². The molecule has 1 saturated heterocycles. The van der Waals surface area contributed by atoms with Crippen LogP contribution in [0.3, 0.4) is 0 Å². The van der Waals surface area contributed by atoms with Crippen LogP contribution in [-0.2, 0) is 11.3 Å². The smallest absolute Gasteiger partial charge is 0.414 e. The summed E-state index contributed by atoms with van der Waals surface area (Å²) in [5.74, 6) is 4.91. The average molecular weight is 400 g/mol. The molecular formula is C20H25FN6O2. The number of hydrogen-bond acceptors (Lipinski definition) is 7. The van der Waals surface area contributed by atoms with Crippen molar-refractivity contribution < 1.29 is 13.9 Å². The number of nitrogens with two attached hydrogens (primary N) is 3. The summed E-state index contributed by atoms with van der Waals surface area (Å²) in [7, 11) is 0. The van der Waals surface area contributed by atoms with Crippen LogP contribution in [-0.4, -0.2) is 31.8 Å². The van der Waals surface area contributed by atoms with E-state index in [1.165, 1.54) is 17.2 Å². The molecule has 9 heteroatoms. The monoisotopic (exact) mass is 400 g/mol. The largest absolute Gasteiger partial charge is 0.443 e. The van der Waals surface area contributed by atoms with Crippen LogP contribution in [0, 0.1) is 5.82 Å². The highest BCUT2D eigenvalue weighted by Gasteiger charge is 2.31. The number of halogens is 1. The fourth-order valence-electron chi connectivity index (χ4n) is 3.06. The molecule has 0 aliphatic carbocycles. The molecular weight excluding hydrogens is 375 g/mol. The lowest BCUT2D eigenvalue weighted by atomic mass is 10.0. The van der Waals surface area contributed by atoms with Crippen molar-refractivity contribution in [3.05, 3.63) is 65.7 Å². The van der Waals surface area contributed by atoms with Gasteiger partial charge in [0.1, 0.15) is 11.9 Å². The molecule has 154 valence electrons. The van der Waals surface area contributed by atoms with E-state index < -0.39 is 11.9 Å². The second-order valence-electron chi connectivity index (χ2n) is 6.65. The van der Waals surface area contributed by atoms with E-state index in [9.17, 15) is 9.18 Å². The number of carbonyl (C=O) groups excluding carboxylic acids is 1. The first-order chi connectivity index (χ1) is 14.0. The molecule has 1 aliphatic heterocycles. The van der Waals surface area contributed by atoms with Crippen molar-refractivity contribution in [2.75, 3.05) is 24.5 Å². The maximum atomic E-state index is 14.7. The Morgan fingerprint density at radius 3 is 2.62 bits per heavy atom. The van der Waals surface area contributed by atoms with Gasteiger partial charge in [-0.1, -0.05) is 24.3 Å². The molecule has 29 heavy (non-hydrogen) atoms. The Balaban J connectivity index is 1.67. The van der Waals surface area contributed by atoms with E-state index in [0.717, 1.165) is 11.1 Å². The van der Waals surface area contributed by atoms with E-state index in [-0.39, 0.29) is 12.6 Å². The molecule has 0 spiro atoms. The van der Waals surface area contributed by atoms with Crippen LogP contribution in [0.1, 0.15) is 5.56 Å². The fourth-order valence-corrected chi connectivity index (χ4v) is 3.06. The standard InChI is InChI=1S/C20H25FN6O2/c21-19-7-16(27-12-17(9-23)29-20(27)28)5-6-18(19)14-3-1-13(2-4-14)10-25-11-15(8-22)26-24/h1-8,17,25-26H,9-12,22-24H2/b15-8-. The Morgan fingerprint density at radius 1 is 1.28 bits per heavy atom. The van der Waals surface area contributed by atoms with Gasteiger partial charge in [-0.2, -0.15) is 0 Å². The fraction of sp³-hybridized carbons (Fsp3) is 0.250. The summed E-state index contributed by atoms with van der Waals surface area (Å²) >= 11 is 0. The van der Waals surface area contributed by atoms with E-state index >= 15 is 0 Å². The number of amides is 1. The summed E-state index contributed by atoms with van der Waals surface area (Å²) in [6, 6.07) is 12.2. The quantitative estimate of drug-likeness (QED) is 0.331. The first-order valence-corrected chi connectivity index (χ1v) is 9.21. The third kappa shape index (κ3) is 4.83. The second-order valence-corrected chi connectivity index (χ2v) is 6.65. The summed E-state index contributed by atoms with van der Waals surface area (Å²) in [4.78, 5) is 13.3. The highest BCUT2D eigenvalue weighted by Crippen LogP contribution is 2.29. The van der Waals surface area contributed by atoms with Crippen molar-refractivity contribution in [1.82, 2.24) is 10.7 Å². The number of carbonyl (C=O) groups is 1. The molecule has 0 bridgehead atoms.